The molecular formula is C22H28N2O3. The maximum absolute atomic E-state index is 12.5. The van der Waals surface area contributed by atoms with Crippen LogP contribution >= 0.6 is 0 Å². The van der Waals surface area contributed by atoms with Gasteiger partial charge in [-0.3, -0.25) is 9.69 Å². The first-order valence-electron chi connectivity index (χ1n) is 9.46. The number of aryl methyl sites for hydroxylation is 1. The first-order chi connectivity index (χ1) is 13.1. The molecule has 144 valence electrons. The van der Waals surface area contributed by atoms with E-state index in [0.29, 0.717) is 13.0 Å². The minimum Gasteiger partial charge on any atom is -0.497 e. The fourth-order valence-corrected chi connectivity index (χ4v) is 3.18. The Morgan fingerprint density at radius 3 is 2.19 bits per heavy atom. The number of methoxy groups -OCH3 is 1. The summed E-state index contributed by atoms with van der Waals surface area (Å²) in [6.45, 7) is 6.96. The number of carbonyl (C=O) groups is 1. The van der Waals surface area contributed by atoms with Gasteiger partial charge in [0.05, 0.1) is 13.5 Å². The third-order valence-electron chi connectivity index (χ3n) is 4.94. The van der Waals surface area contributed by atoms with E-state index >= 15 is 0 Å². The van der Waals surface area contributed by atoms with Crippen molar-refractivity contribution in [2.24, 2.45) is 0 Å². The van der Waals surface area contributed by atoms with Crippen LogP contribution in [0.3, 0.4) is 0 Å². The second-order valence-electron chi connectivity index (χ2n) is 6.91. The summed E-state index contributed by atoms with van der Waals surface area (Å²) < 4.78 is 11.0. The van der Waals surface area contributed by atoms with Crippen molar-refractivity contribution in [3.63, 3.8) is 0 Å². The second kappa shape index (κ2) is 9.42. The van der Waals surface area contributed by atoms with E-state index in [4.69, 9.17) is 9.47 Å². The van der Waals surface area contributed by atoms with Gasteiger partial charge in [-0.2, -0.15) is 0 Å². The van der Waals surface area contributed by atoms with Gasteiger partial charge >= 0.3 is 0 Å². The summed E-state index contributed by atoms with van der Waals surface area (Å²) in [4.78, 5) is 16.8. The van der Waals surface area contributed by atoms with Gasteiger partial charge in [-0.1, -0.05) is 29.8 Å². The molecule has 3 rings (SSSR count). The Morgan fingerprint density at radius 1 is 0.926 bits per heavy atom. The highest BCUT2D eigenvalue weighted by Gasteiger charge is 2.21. The van der Waals surface area contributed by atoms with Gasteiger partial charge in [0.15, 0.2) is 0 Å². The van der Waals surface area contributed by atoms with Crippen molar-refractivity contribution in [2.45, 2.75) is 13.3 Å². The number of piperazine rings is 1. The molecule has 1 fully saturated rings. The molecule has 0 saturated carbocycles. The third-order valence-corrected chi connectivity index (χ3v) is 4.94. The number of hydrogen-bond donors (Lipinski definition) is 0. The number of rotatable bonds is 7. The zero-order valence-corrected chi connectivity index (χ0v) is 16.2. The molecule has 0 radical (unpaired) electrons. The molecule has 2 aromatic carbocycles. The van der Waals surface area contributed by atoms with Gasteiger partial charge in [0.25, 0.3) is 0 Å². The zero-order chi connectivity index (χ0) is 19.1. The van der Waals surface area contributed by atoms with Gasteiger partial charge < -0.3 is 14.4 Å². The Kier molecular flexibility index (Phi) is 6.71. The first-order valence-corrected chi connectivity index (χ1v) is 9.46. The molecule has 1 amide bonds. The molecule has 1 heterocycles. The fraction of sp³-hybridized carbons (Fsp3) is 0.409. The molecule has 1 saturated heterocycles. The molecule has 5 nitrogen and oxygen atoms in total. The zero-order valence-electron chi connectivity index (χ0n) is 16.2. The molecular weight excluding hydrogens is 340 g/mol. The van der Waals surface area contributed by atoms with Crippen LogP contribution in [-0.4, -0.2) is 62.1 Å². The van der Waals surface area contributed by atoms with Crippen LogP contribution in [0.15, 0.2) is 48.5 Å². The monoisotopic (exact) mass is 368 g/mol. The van der Waals surface area contributed by atoms with Gasteiger partial charge in [-0.15, -0.1) is 0 Å². The molecule has 0 unspecified atom stereocenters. The molecule has 0 bridgehead atoms. The van der Waals surface area contributed by atoms with Crippen molar-refractivity contribution in [1.82, 2.24) is 9.80 Å². The molecule has 0 aromatic heterocycles. The van der Waals surface area contributed by atoms with Crippen molar-refractivity contribution in [3.05, 3.63) is 59.7 Å². The van der Waals surface area contributed by atoms with Crippen molar-refractivity contribution in [2.75, 3.05) is 46.4 Å². The summed E-state index contributed by atoms with van der Waals surface area (Å²) in [5.74, 6) is 1.91. The van der Waals surface area contributed by atoms with E-state index in [1.54, 1.807) is 7.11 Å². The van der Waals surface area contributed by atoms with E-state index in [0.717, 1.165) is 49.8 Å². The number of ether oxygens (including phenoxy) is 2. The van der Waals surface area contributed by atoms with Crippen LogP contribution in [0.4, 0.5) is 0 Å². The second-order valence-corrected chi connectivity index (χ2v) is 6.91. The maximum atomic E-state index is 12.5. The summed E-state index contributed by atoms with van der Waals surface area (Å²) in [7, 11) is 1.64. The molecule has 27 heavy (non-hydrogen) atoms. The molecule has 2 aromatic rings. The Labute approximate surface area is 161 Å². The van der Waals surface area contributed by atoms with Gasteiger partial charge in [-0.05, 0) is 36.8 Å². The van der Waals surface area contributed by atoms with E-state index in [-0.39, 0.29) is 5.91 Å². The number of hydrogen-bond acceptors (Lipinski definition) is 4. The van der Waals surface area contributed by atoms with Crippen LogP contribution in [0.2, 0.25) is 0 Å². The number of carbonyl (C=O) groups excluding carboxylic acids is 1. The summed E-state index contributed by atoms with van der Waals surface area (Å²) in [5, 5.41) is 0. The lowest BCUT2D eigenvalue weighted by atomic mass is 10.1. The summed E-state index contributed by atoms with van der Waals surface area (Å²) in [6, 6.07) is 15.8. The molecule has 0 N–H and O–H groups in total. The summed E-state index contributed by atoms with van der Waals surface area (Å²) in [5.41, 5.74) is 2.26. The van der Waals surface area contributed by atoms with Crippen molar-refractivity contribution in [3.8, 4) is 11.5 Å². The minimum atomic E-state index is 0.190. The maximum Gasteiger partial charge on any atom is 0.227 e. The largest absolute Gasteiger partial charge is 0.497 e. The lowest BCUT2D eigenvalue weighted by Crippen LogP contribution is -2.49. The normalized spacial score (nSPS) is 14.8. The van der Waals surface area contributed by atoms with Crippen LogP contribution in [0.1, 0.15) is 11.1 Å². The smallest absolute Gasteiger partial charge is 0.227 e. The van der Waals surface area contributed by atoms with Crippen molar-refractivity contribution >= 4 is 5.91 Å². The Balaban J connectivity index is 1.37. The summed E-state index contributed by atoms with van der Waals surface area (Å²) in [6.07, 6.45) is 0.445. The molecule has 1 aliphatic heterocycles. The van der Waals surface area contributed by atoms with Gasteiger partial charge in [0.1, 0.15) is 18.1 Å². The standard InChI is InChI=1S/C22H28N2O3/c1-18-3-7-21(8-4-18)27-16-15-23-11-13-24(14-12-23)22(25)17-19-5-9-20(26-2)10-6-19/h3-10H,11-17H2,1-2H3. The highest BCUT2D eigenvalue weighted by molar-refractivity contribution is 5.78. The predicted octanol–water partition coefficient (Wildman–Crippen LogP) is 2.77. The molecule has 1 aliphatic rings. The summed E-state index contributed by atoms with van der Waals surface area (Å²) >= 11 is 0. The lowest BCUT2D eigenvalue weighted by Gasteiger charge is -2.34. The third kappa shape index (κ3) is 5.73. The van der Waals surface area contributed by atoms with Gasteiger partial charge in [-0.25, -0.2) is 0 Å². The number of amides is 1. The Hall–Kier alpha value is -2.53. The van der Waals surface area contributed by atoms with E-state index in [1.807, 2.05) is 41.3 Å². The minimum absolute atomic E-state index is 0.190. The van der Waals surface area contributed by atoms with Crippen molar-refractivity contribution in [1.29, 1.82) is 0 Å². The molecule has 0 atom stereocenters. The number of benzene rings is 2. The van der Waals surface area contributed by atoms with Crippen LogP contribution in [-0.2, 0) is 11.2 Å². The van der Waals surface area contributed by atoms with E-state index in [1.165, 1.54) is 5.56 Å². The fourth-order valence-electron chi connectivity index (χ4n) is 3.18. The average Bonchev–Trinajstić information content (AvgIpc) is 2.70. The van der Waals surface area contributed by atoms with Crippen LogP contribution < -0.4 is 9.47 Å². The van der Waals surface area contributed by atoms with Crippen LogP contribution in [0, 0.1) is 6.92 Å². The van der Waals surface area contributed by atoms with Gasteiger partial charge in [0.2, 0.25) is 5.91 Å². The van der Waals surface area contributed by atoms with E-state index < -0.39 is 0 Å². The van der Waals surface area contributed by atoms with Crippen LogP contribution in [0.5, 0.6) is 11.5 Å². The quantitative estimate of drug-likeness (QED) is 0.754. The topological polar surface area (TPSA) is 42.0 Å². The Bertz CT molecular complexity index is 720. The van der Waals surface area contributed by atoms with Crippen LogP contribution in [0.25, 0.3) is 0 Å². The first kappa shape index (κ1) is 19.2. The SMILES string of the molecule is COc1ccc(CC(=O)N2CCN(CCOc3ccc(C)cc3)CC2)cc1. The van der Waals surface area contributed by atoms with Crippen molar-refractivity contribution < 1.29 is 14.3 Å². The van der Waals surface area contributed by atoms with Gasteiger partial charge in [0, 0.05) is 32.7 Å². The lowest BCUT2D eigenvalue weighted by molar-refractivity contribution is -0.132. The van der Waals surface area contributed by atoms with E-state index in [2.05, 4.69) is 24.0 Å². The predicted molar refractivity (Wildman–Crippen MR) is 106 cm³/mol. The highest BCUT2D eigenvalue weighted by Crippen LogP contribution is 2.14. The molecule has 0 aliphatic carbocycles. The van der Waals surface area contributed by atoms with E-state index in [9.17, 15) is 4.79 Å². The molecule has 5 heteroatoms. The highest BCUT2D eigenvalue weighted by atomic mass is 16.5. The molecule has 0 spiro atoms. The Morgan fingerprint density at radius 2 is 1.56 bits per heavy atom. The number of nitrogens with zero attached hydrogens (tertiary/aromatic N) is 2. The average molecular weight is 368 g/mol.